The van der Waals surface area contributed by atoms with E-state index >= 15 is 0 Å². The maximum absolute atomic E-state index is 2.27. The molecule has 0 aromatic heterocycles. The van der Waals surface area contributed by atoms with Gasteiger partial charge < -0.3 is 0 Å². The molecule has 0 bridgehead atoms. The van der Waals surface area contributed by atoms with Gasteiger partial charge in [-0.2, -0.15) is 0 Å². The van der Waals surface area contributed by atoms with Crippen molar-refractivity contribution in [3.05, 3.63) is 0 Å². The summed E-state index contributed by atoms with van der Waals surface area (Å²) < 4.78 is 0. The molecular formula is C3H15SiSn. The minimum atomic E-state index is 0. The van der Waals surface area contributed by atoms with Gasteiger partial charge in [0, 0.05) is 37.0 Å². The van der Waals surface area contributed by atoms with Crippen LogP contribution in [-0.4, -0.2) is 32.7 Å². The first kappa shape index (κ1) is 9.38. The van der Waals surface area contributed by atoms with E-state index in [2.05, 4.69) is 19.6 Å². The number of rotatable bonds is 0. The Morgan fingerprint density at radius 2 is 1.20 bits per heavy atom. The Labute approximate surface area is 57.0 Å². The van der Waals surface area contributed by atoms with E-state index in [0.717, 1.165) is 0 Å². The summed E-state index contributed by atoms with van der Waals surface area (Å²) in [5.41, 5.74) is 0. The fourth-order valence-electron chi connectivity index (χ4n) is 0. The number of hydrogen-bond acceptors (Lipinski definition) is 0. The van der Waals surface area contributed by atoms with Gasteiger partial charge in [0.2, 0.25) is 0 Å². The second-order valence-electron chi connectivity index (χ2n) is 1.50. The van der Waals surface area contributed by atoms with Crippen molar-refractivity contribution in [2.24, 2.45) is 0 Å². The van der Waals surface area contributed by atoms with Crippen LogP contribution in [0.2, 0.25) is 19.6 Å². The Morgan fingerprint density at radius 1 is 1.20 bits per heavy atom. The van der Waals surface area contributed by atoms with Crippen molar-refractivity contribution < 1.29 is 4.28 Å². The van der Waals surface area contributed by atoms with E-state index in [9.17, 15) is 0 Å². The van der Waals surface area contributed by atoms with Gasteiger partial charge in [0.15, 0.2) is 0 Å². The van der Waals surface area contributed by atoms with Crippen molar-refractivity contribution in [3.8, 4) is 0 Å². The summed E-state index contributed by atoms with van der Waals surface area (Å²) >= 11 is 0. The van der Waals surface area contributed by atoms with Gasteiger partial charge in [-0.3, -0.25) is 0 Å². The van der Waals surface area contributed by atoms with Gasteiger partial charge >= 0.3 is 0 Å². The van der Waals surface area contributed by atoms with Crippen molar-refractivity contribution in [3.63, 3.8) is 0 Å². The van der Waals surface area contributed by atoms with Gasteiger partial charge in [0.05, 0.1) is 0 Å². The molecule has 0 fully saturated rings. The van der Waals surface area contributed by atoms with Gasteiger partial charge in [-0.05, 0) is 0 Å². The van der Waals surface area contributed by atoms with Crippen LogP contribution >= 0.6 is 0 Å². The molecule has 0 spiro atoms. The van der Waals surface area contributed by atoms with Gasteiger partial charge in [-0.1, -0.05) is 19.6 Å². The normalized spacial score (nSPS) is 7.20. The summed E-state index contributed by atoms with van der Waals surface area (Å²) in [4.78, 5) is 0. The molecule has 5 radical (unpaired) electrons. The summed E-state index contributed by atoms with van der Waals surface area (Å²) in [6.45, 7) is 6.81. The summed E-state index contributed by atoms with van der Waals surface area (Å²) in [5, 5.41) is 0. The van der Waals surface area contributed by atoms with Crippen LogP contribution in [0.25, 0.3) is 0 Å². The average molecular weight is 198 g/mol. The molecule has 0 aliphatic heterocycles. The van der Waals surface area contributed by atoms with Crippen LogP contribution in [0, 0.1) is 0 Å². The predicted molar refractivity (Wildman–Crippen MR) is 35.4 cm³/mol. The van der Waals surface area contributed by atoms with Crippen molar-refractivity contribution in [2.75, 3.05) is 0 Å². The van der Waals surface area contributed by atoms with Crippen molar-refractivity contribution in [1.29, 1.82) is 0 Å². The molecule has 0 nitrogen and oxygen atoms in total. The van der Waals surface area contributed by atoms with Crippen molar-refractivity contribution in [1.82, 2.24) is 0 Å². The molecule has 0 aromatic rings. The molecule has 0 saturated carbocycles. The molecule has 0 atom stereocenters. The first-order valence-corrected chi connectivity index (χ1v) is 4.50. The Kier molecular flexibility index (Phi) is 9.41. The van der Waals surface area contributed by atoms with Crippen LogP contribution in [0.3, 0.4) is 0 Å². The zero-order valence-electron chi connectivity index (χ0n) is 4.00. The third-order valence-corrected chi connectivity index (χ3v) is 0. The van der Waals surface area contributed by atoms with Crippen LogP contribution in [-0.2, 0) is 0 Å². The molecule has 0 aromatic carbocycles. The summed E-state index contributed by atoms with van der Waals surface area (Å²) in [7, 11) is 0.120. The van der Waals surface area contributed by atoms with Crippen LogP contribution in [0.4, 0.5) is 0 Å². The molecule has 5 heavy (non-hydrogen) atoms. The molecule has 2 heteroatoms. The standard InChI is InChI=1S/C3H9Si.Sn.3H2/c1-4(2)3;;;;/h1-3H3;;3*1H. The zero-order valence-corrected chi connectivity index (χ0v) is 7.85. The summed E-state index contributed by atoms with van der Waals surface area (Å²) in [6, 6.07) is 0. The largest absolute Gasteiger partial charge is 0.0715 e. The molecule has 35 valence electrons. The zero-order chi connectivity index (χ0) is 3.58. The molecule has 0 saturated heterocycles. The predicted octanol–water partition coefficient (Wildman–Crippen LogP) is 1.73. The second-order valence-corrected chi connectivity index (χ2v) is 4.50. The molecule has 0 N–H and O–H groups in total. The van der Waals surface area contributed by atoms with Gasteiger partial charge in [-0.15, -0.1) is 0 Å². The molecular weight excluding hydrogens is 183 g/mol. The monoisotopic (exact) mass is 199 g/mol. The first-order valence-electron chi connectivity index (χ1n) is 1.50. The quantitative estimate of drug-likeness (QED) is 0.520. The van der Waals surface area contributed by atoms with Crippen molar-refractivity contribution >= 4 is 32.7 Å². The Morgan fingerprint density at radius 3 is 1.20 bits per heavy atom. The van der Waals surface area contributed by atoms with Gasteiger partial charge in [-0.25, -0.2) is 0 Å². The minimum absolute atomic E-state index is 0. The third-order valence-electron chi connectivity index (χ3n) is 0. The van der Waals surface area contributed by atoms with Crippen LogP contribution in [0.5, 0.6) is 0 Å². The topological polar surface area (TPSA) is 0 Å². The summed E-state index contributed by atoms with van der Waals surface area (Å²) in [6.07, 6.45) is 0. The Hall–Kier alpha value is 1.02. The van der Waals surface area contributed by atoms with E-state index in [1.807, 2.05) is 0 Å². The SMILES string of the molecule is C[Si](C)C.[HH].[HH].[HH].[Sn]. The Balaban J connectivity index is -0.00000000750. The van der Waals surface area contributed by atoms with E-state index in [4.69, 9.17) is 0 Å². The molecule has 0 aliphatic rings. The first-order chi connectivity index (χ1) is 1.73. The maximum atomic E-state index is 2.27. The maximum Gasteiger partial charge on any atom is 0.0379 e. The molecule has 0 unspecified atom stereocenters. The fraction of sp³-hybridized carbons (Fsp3) is 1.00. The van der Waals surface area contributed by atoms with Gasteiger partial charge in [0.25, 0.3) is 0 Å². The van der Waals surface area contributed by atoms with E-state index in [0.29, 0.717) is 0 Å². The molecule has 0 heterocycles. The van der Waals surface area contributed by atoms with E-state index in [1.54, 1.807) is 0 Å². The van der Waals surface area contributed by atoms with E-state index < -0.39 is 0 Å². The van der Waals surface area contributed by atoms with Crippen LogP contribution < -0.4 is 0 Å². The minimum Gasteiger partial charge on any atom is -0.0715 e. The van der Waals surface area contributed by atoms with Crippen molar-refractivity contribution in [2.45, 2.75) is 19.6 Å². The smallest absolute Gasteiger partial charge is 0.0379 e. The molecule has 0 amide bonds. The average Bonchev–Trinajstić information content (AvgIpc) is 0.811. The fourth-order valence-corrected chi connectivity index (χ4v) is 0. The van der Waals surface area contributed by atoms with Gasteiger partial charge in [0.1, 0.15) is 0 Å². The molecule has 0 rings (SSSR count). The molecule has 0 aliphatic carbocycles. The summed E-state index contributed by atoms with van der Waals surface area (Å²) in [5.74, 6) is 0. The van der Waals surface area contributed by atoms with E-state index in [-0.39, 0.29) is 37.0 Å². The van der Waals surface area contributed by atoms with Crippen LogP contribution in [0.15, 0.2) is 0 Å². The number of hydrogen-bond donors (Lipinski definition) is 0. The van der Waals surface area contributed by atoms with E-state index in [1.165, 1.54) is 0 Å². The Bertz CT molecular complexity index is 19.2. The van der Waals surface area contributed by atoms with Crippen LogP contribution in [0.1, 0.15) is 4.28 Å². The second kappa shape index (κ2) is 5.02. The third kappa shape index (κ3) is 44.2.